The molecule has 0 N–H and O–H groups in total. The van der Waals surface area contributed by atoms with Crippen LogP contribution in [-0.4, -0.2) is 46.3 Å². The second-order valence-electron chi connectivity index (χ2n) is 6.38. The minimum Gasteiger partial charge on any atom is -0.338 e. The Labute approximate surface area is 151 Å². The lowest BCUT2D eigenvalue weighted by molar-refractivity contribution is -0.197. The third-order valence-electron chi connectivity index (χ3n) is 4.20. The highest BCUT2D eigenvalue weighted by Gasteiger charge is 2.32. The van der Waals surface area contributed by atoms with E-state index in [1.807, 2.05) is 0 Å². The summed E-state index contributed by atoms with van der Waals surface area (Å²) >= 11 is 0. The molecule has 9 nitrogen and oxygen atoms in total. The summed E-state index contributed by atoms with van der Waals surface area (Å²) in [7, 11) is 0. The third-order valence-corrected chi connectivity index (χ3v) is 4.20. The summed E-state index contributed by atoms with van der Waals surface area (Å²) in [5.74, 6) is -2.10. The number of amides is 3. The van der Waals surface area contributed by atoms with E-state index >= 15 is 0 Å². The zero-order valence-electron chi connectivity index (χ0n) is 14.7. The molecule has 2 aliphatic heterocycles. The van der Waals surface area contributed by atoms with E-state index in [9.17, 15) is 24.0 Å². The van der Waals surface area contributed by atoms with Crippen molar-refractivity contribution in [2.75, 3.05) is 6.54 Å². The number of hydrogen-bond acceptors (Lipinski definition) is 7. The lowest BCUT2D eigenvalue weighted by Gasteiger charge is -2.14. The van der Waals surface area contributed by atoms with Crippen molar-refractivity contribution in [3.63, 3.8) is 0 Å². The van der Waals surface area contributed by atoms with E-state index in [2.05, 4.69) is 0 Å². The van der Waals surface area contributed by atoms with Gasteiger partial charge in [0, 0.05) is 32.1 Å². The monoisotopic (exact) mass is 368 g/mol. The minimum atomic E-state index is -0.590. The second-order valence-corrected chi connectivity index (χ2v) is 6.38. The van der Waals surface area contributed by atoms with E-state index in [0.717, 1.165) is 24.3 Å². The molecule has 0 saturated carbocycles. The number of nitrogens with zero attached hydrogens (tertiary/aromatic N) is 2. The first-order valence-corrected chi connectivity index (χ1v) is 9.05. The molecular weight excluding hydrogens is 344 g/mol. The van der Waals surface area contributed by atoms with Crippen LogP contribution in [0, 0.1) is 0 Å². The van der Waals surface area contributed by atoms with E-state index < -0.39 is 23.8 Å². The Morgan fingerprint density at radius 2 is 1.27 bits per heavy atom. The SMILES string of the molecule is O=C(CCCCCCCC(=O)ON1C(=O)CCC1=O)ON1CCCC1=O. The van der Waals surface area contributed by atoms with Gasteiger partial charge in [-0.2, -0.15) is 5.06 Å². The van der Waals surface area contributed by atoms with Crippen LogP contribution >= 0.6 is 0 Å². The standard InChI is InChI=1S/C17H24N2O7/c20-13-7-6-12-18(13)25-16(23)8-4-2-1-3-5-9-17(24)26-19-14(21)10-11-15(19)22/h1-12H2. The molecule has 144 valence electrons. The summed E-state index contributed by atoms with van der Waals surface area (Å²) in [4.78, 5) is 66.9. The van der Waals surface area contributed by atoms with E-state index in [-0.39, 0.29) is 31.6 Å². The molecule has 2 fully saturated rings. The Kier molecular flexibility index (Phi) is 7.55. The van der Waals surface area contributed by atoms with Gasteiger partial charge in [-0.05, 0) is 19.3 Å². The molecule has 0 spiro atoms. The van der Waals surface area contributed by atoms with Gasteiger partial charge in [0.25, 0.3) is 17.7 Å². The van der Waals surface area contributed by atoms with Crippen molar-refractivity contribution < 1.29 is 33.6 Å². The highest BCUT2D eigenvalue weighted by atomic mass is 16.7. The molecule has 0 aliphatic carbocycles. The molecule has 9 heteroatoms. The lowest BCUT2D eigenvalue weighted by Crippen LogP contribution is -2.31. The molecule has 0 bridgehead atoms. The number of unbranched alkanes of at least 4 members (excludes halogenated alkanes) is 4. The number of carbonyl (C=O) groups excluding carboxylic acids is 5. The Morgan fingerprint density at radius 1 is 0.731 bits per heavy atom. The first kappa shape index (κ1) is 19.9. The van der Waals surface area contributed by atoms with Gasteiger partial charge in [-0.25, -0.2) is 9.59 Å². The van der Waals surface area contributed by atoms with E-state index in [1.54, 1.807) is 0 Å². The fourth-order valence-electron chi connectivity index (χ4n) is 2.76. The van der Waals surface area contributed by atoms with Crippen molar-refractivity contribution >= 4 is 29.7 Å². The van der Waals surface area contributed by atoms with Gasteiger partial charge in [0.2, 0.25) is 0 Å². The van der Waals surface area contributed by atoms with Gasteiger partial charge in [-0.3, -0.25) is 14.4 Å². The van der Waals surface area contributed by atoms with Crippen molar-refractivity contribution in [2.45, 2.75) is 70.6 Å². The topological polar surface area (TPSA) is 110 Å². The fourth-order valence-corrected chi connectivity index (χ4v) is 2.76. The van der Waals surface area contributed by atoms with Crippen LogP contribution < -0.4 is 0 Å². The van der Waals surface area contributed by atoms with Crippen molar-refractivity contribution in [2.24, 2.45) is 0 Å². The Balaban J connectivity index is 1.46. The molecular formula is C17H24N2O7. The molecule has 0 atom stereocenters. The lowest BCUT2D eigenvalue weighted by atomic mass is 10.1. The first-order chi connectivity index (χ1) is 12.5. The minimum absolute atomic E-state index is 0.0838. The highest BCUT2D eigenvalue weighted by Crippen LogP contribution is 2.15. The third kappa shape index (κ3) is 6.12. The smallest absolute Gasteiger partial charge is 0.333 e. The van der Waals surface area contributed by atoms with Crippen molar-refractivity contribution in [3.8, 4) is 0 Å². The second kappa shape index (κ2) is 9.88. The van der Waals surface area contributed by atoms with Gasteiger partial charge in [-0.15, -0.1) is 5.06 Å². The number of carbonyl (C=O) groups is 5. The normalized spacial score (nSPS) is 17.2. The van der Waals surface area contributed by atoms with E-state index in [0.29, 0.717) is 37.3 Å². The molecule has 0 unspecified atom stereocenters. The molecule has 2 heterocycles. The molecule has 3 amide bonds. The average Bonchev–Trinajstić information content (AvgIpc) is 3.14. The van der Waals surface area contributed by atoms with E-state index in [1.165, 1.54) is 0 Å². The van der Waals surface area contributed by atoms with Crippen molar-refractivity contribution in [3.05, 3.63) is 0 Å². The van der Waals surface area contributed by atoms with Gasteiger partial charge in [0.05, 0.1) is 6.54 Å². The maximum atomic E-state index is 11.6. The van der Waals surface area contributed by atoms with Crippen LogP contribution in [0.1, 0.15) is 70.6 Å². The summed E-state index contributed by atoms with van der Waals surface area (Å²) in [5.41, 5.74) is 0. The molecule has 2 rings (SSSR count). The quantitative estimate of drug-likeness (QED) is 0.423. The predicted molar refractivity (Wildman–Crippen MR) is 86.5 cm³/mol. The summed E-state index contributed by atoms with van der Waals surface area (Å²) in [5, 5.41) is 1.68. The van der Waals surface area contributed by atoms with Crippen molar-refractivity contribution in [1.82, 2.24) is 10.1 Å². The molecule has 2 saturated heterocycles. The number of hydroxylamine groups is 4. The Morgan fingerprint density at radius 3 is 1.81 bits per heavy atom. The van der Waals surface area contributed by atoms with Crippen LogP contribution in [0.25, 0.3) is 0 Å². The Hall–Kier alpha value is -2.45. The van der Waals surface area contributed by atoms with Crippen LogP contribution in [0.5, 0.6) is 0 Å². The van der Waals surface area contributed by atoms with Crippen LogP contribution in [0.3, 0.4) is 0 Å². The summed E-state index contributed by atoms with van der Waals surface area (Å²) in [6.07, 6.45) is 5.36. The Bertz CT molecular complexity index is 559. The van der Waals surface area contributed by atoms with Crippen LogP contribution in [0.15, 0.2) is 0 Å². The van der Waals surface area contributed by atoms with Crippen LogP contribution in [0.4, 0.5) is 0 Å². The summed E-state index contributed by atoms with van der Waals surface area (Å²) in [6, 6.07) is 0. The maximum absolute atomic E-state index is 11.6. The average molecular weight is 368 g/mol. The molecule has 0 aromatic heterocycles. The summed E-state index contributed by atoms with van der Waals surface area (Å²) < 4.78 is 0. The van der Waals surface area contributed by atoms with Crippen LogP contribution in [0.2, 0.25) is 0 Å². The van der Waals surface area contributed by atoms with E-state index in [4.69, 9.17) is 9.68 Å². The summed E-state index contributed by atoms with van der Waals surface area (Å²) in [6.45, 7) is 0.468. The largest absolute Gasteiger partial charge is 0.338 e. The molecule has 26 heavy (non-hydrogen) atoms. The van der Waals surface area contributed by atoms with Crippen LogP contribution in [-0.2, 0) is 33.6 Å². The molecule has 0 radical (unpaired) electrons. The maximum Gasteiger partial charge on any atom is 0.333 e. The zero-order chi connectivity index (χ0) is 18.9. The fraction of sp³-hybridized carbons (Fsp3) is 0.706. The predicted octanol–water partition coefficient (Wildman–Crippen LogP) is 1.40. The van der Waals surface area contributed by atoms with Crippen molar-refractivity contribution in [1.29, 1.82) is 0 Å². The first-order valence-electron chi connectivity index (χ1n) is 9.05. The van der Waals surface area contributed by atoms with Gasteiger partial charge in [-0.1, -0.05) is 19.3 Å². The highest BCUT2D eigenvalue weighted by molar-refractivity contribution is 6.01. The molecule has 2 aliphatic rings. The van der Waals surface area contributed by atoms with Gasteiger partial charge < -0.3 is 9.68 Å². The van der Waals surface area contributed by atoms with Gasteiger partial charge >= 0.3 is 11.9 Å². The molecule has 0 aromatic rings. The van der Waals surface area contributed by atoms with Gasteiger partial charge in [0.1, 0.15) is 0 Å². The number of hydrogen-bond donors (Lipinski definition) is 0. The molecule has 0 aromatic carbocycles. The number of imide groups is 1. The number of rotatable bonds is 10. The zero-order valence-corrected chi connectivity index (χ0v) is 14.7. The van der Waals surface area contributed by atoms with Gasteiger partial charge in [0.15, 0.2) is 0 Å².